The molecule has 0 radical (unpaired) electrons. The van der Waals surface area contributed by atoms with E-state index in [0.29, 0.717) is 26.1 Å². The molecule has 4 saturated carbocycles. The van der Waals surface area contributed by atoms with Crippen molar-refractivity contribution in [2.45, 2.75) is 142 Å². The number of hydrogen-bond donors (Lipinski definition) is 4. The van der Waals surface area contributed by atoms with Gasteiger partial charge in [0.25, 0.3) is 5.91 Å². The molecule has 2 aliphatic heterocycles. The van der Waals surface area contributed by atoms with Crippen LogP contribution in [-0.4, -0.2) is 84.6 Å². The lowest BCUT2D eigenvalue weighted by atomic mass is 9.70. The van der Waals surface area contributed by atoms with Crippen molar-refractivity contribution in [1.29, 1.82) is 0 Å². The first-order valence-electron chi connectivity index (χ1n) is 18.9. The van der Waals surface area contributed by atoms with Crippen LogP contribution >= 0.6 is 0 Å². The lowest BCUT2D eigenvalue weighted by Gasteiger charge is -2.40. The van der Waals surface area contributed by atoms with E-state index in [1.165, 1.54) is 4.31 Å². The van der Waals surface area contributed by atoms with Crippen molar-refractivity contribution in [3.05, 3.63) is 12.7 Å². The fourth-order valence-electron chi connectivity index (χ4n) is 10.6. The lowest BCUT2D eigenvalue weighted by Crippen LogP contribution is -2.62. The van der Waals surface area contributed by atoms with Gasteiger partial charge in [0.15, 0.2) is 0 Å². The highest BCUT2D eigenvalue weighted by molar-refractivity contribution is 7.87. The quantitative estimate of drug-likeness (QED) is 0.252. The molecule has 4 aliphatic carbocycles. The van der Waals surface area contributed by atoms with E-state index in [1.807, 2.05) is 20.8 Å². The third kappa shape index (κ3) is 5.63. The predicted octanol–water partition coefficient (Wildman–Crippen LogP) is 3.13. The molecule has 0 unspecified atom stereocenters. The third-order valence-corrected chi connectivity index (χ3v) is 16.0. The number of nitrogens with zero attached hydrogens (tertiary/aromatic N) is 2. The Morgan fingerprint density at radius 3 is 2.02 bits per heavy atom. The number of rotatable bonds is 10. The Kier molecular flexibility index (Phi) is 9.15. The van der Waals surface area contributed by atoms with Crippen molar-refractivity contribution < 1.29 is 27.6 Å². The van der Waals surface area contributed by atoms with Crippen LogP contribution < -0.4 is 21.1 Å². The molecule has 6 aliphatic rings. The van der Waals surface area contributed by atoms with E-state index >= 15 is 0 Å². The topological polar surface area (TPSA) is 171 Å². The van der Waals surface area contributed by atoms with Gasteiger partial charge in [0.1, 0.15) is 17.6 Å². The number of carbonyl (C=O) groups is 4. The fourth-order valence-corrected chi connectivity index (χ4v) is 11.9. The van der Waals surface area contributed by atoms with Gasteiger partial charge in [0.05, 0.1) is 6.04 Å². The molecule has 0 aromatic carbocycles. The average molecular weight is 717 g/mol. The Morgan fingerprint density at radius 1 is 0.900 bits per heavy atom. The van der Waals surface area contributed by atoms with E-state index in [2.05, 4.69) is 42.7 Å². The van der Waals surface area contributed by atoms with Crippen molar-refractivity contribution >= 4 is 33.8 Å². The highest BCUT2D eigenvalue weighted by Gasteiger charge is 2.85. The van der Waals surface area contributed by atoms with Crippen molar-refractivity contribution in [3.63, 3.8) is 0 Å². The molecule has 2 spiro atoms. The van der Waals surface area contributed by atoms with Gasteiger partial charge in [-0.15, -0.1) is 6.58 Å². The van der Waals surface area contributed by atoms with E-state index in [0.717, 1.165) is 64.2 Å². The third-order valence-electron chi connectivity index (χ3n) is 14.5. The van der Waals surface area contributed by atoms with Crippen molar-refractivity contribution in [1.82, 2.24) is 24.6 Å². The monoisotopic (exact) mass is 716 g/mol. The van der Waals surface area contributed by atoms with Crippen LogP contribution in [0.4, 0.5) is 0 Å². The first-order valence-corrected chi connectivity index (χ1v) is 20.3. The zero-order valence-corrected chi connectivity index (χ0v) is 31.8. The van der Waals surface area contributed by atoms with Crippen molar-refractivity contribution in [2.24, 2.45) is 38.7 Å². The number of amides is 4. The molecule has 280 valence electrons. The summed E-state index contributed by atoms with van der Waals surface area (Å²) in [6, 6.07) is -2.62. The van der Waals surface area contributed by atoms with Crippen LogP contribution in [0.15, 0.2) is 12.7 Å². The number of nitrogens with one attached hydrogen (secondary N) is 3. The number of likely N-dealkylation sites (tertiary alicyclic amines) is 1. The van der Waals surface area contributed by atoms with Gasteiger partial charge < -0.3 is 21.3 Å². The summed E-state index contributed by atoms with van der Waals surface area (Å²) in [5.41, 5.74) is 3.71. The molecule has 0 bridgehead atoms. The summed E-state index contributed by atoms with van der Waals surface area (Å²) in [5, 5.41) is 5.99. The van der Waals surface area contributed by atoms with Crippen LogP contribution in [0.25, 0.3) is 0 Å². The number of fused-ring (bicyclic) bond motifs is 1. The van der Waals surface area contributed by atoms with Gasteiger partial charge in [-0.05, 0) is 73.0 Å². The minimum Gasteiger partial charge on any atom is -0.342 e. The normalized spacial score (nSPS) is 33.6. The van der Waals surface area contributed by atoms with E-state index in [-0.39, 0.29) is 39.9 Å². The van der Waals surface area contributed by atoms with Gasteiger partial charge in [-0.3, -0.25) is 19.2 Å². The van der Waals surface area contributed by atoms with Crippen LogP contribution in [-0.2, 0) is 29.4 Å². The number of carbonyl (C=O) groups excluding carboxylic acids is 4. The van der Waals surface area contributed by atoms with Crippen LogP contribution in [0.2, 0.25) is 0 Å². The van der Waals surface area contributed by atoms with Gasteiger partial charge in [-0.25, -0.2) is 4.72 Å². The highest BCUT2D eigenvalue weighted by atomic mass is 32.2. The molecular weight excluding hydrogens is 657 g/mol. The zero-order chi connectivity index (χ0) is 36.7. The van der Waals surface area contributed by atoms with Gasteiger partial charge in [0.2, 0.25) is 17.7 Å². The molecule has 12 nitrogen and oxygen atoms in total. The summed E-state index contributed by atoms with van der Waals surface area (Å²) in [4.78, 5) is 58.5. The van der Waals surface area contributed by atoms with Gasteiger partial charge in [0, 0.05) is 31.0 Å². The number of hydrogen-bond acceptors (Lipinski definition) is 7. The molecule has 5 N–H and O–H groups in total. The molecule has 6 atom stereocenters. The smallest absolute Gasteiger partial charge is 0.303 e. The second-order valence-electron chi connectivity index (χ2n) is 18.4. The maximum Gasteiger partial charge on any atom is 0.303 e. The zero-order valence-electron chi connectivity index (χ0n) is 31.0. The maximum absolute atomic E-state index is 14.8. The summed E-state index contributed by atoms with van der Waals surface area (Å²) in [7, 11) is -4.07. The molecule has 0 aromatic rings. The average Bonchev–Trinajstić information content (AvgIpc) is 3.49. The minimum atomic E-state index is -4.07. The Labute approximate surface area is 298 Å². The molecule has 0 aromatic heterocycles. The Morgan fingerprint density at radius 2 is 1.52 bits per heavy atom. The molecular formula is C37H60N6O6S. The van der Waals surface area contributed by atoms with Gasteiger partial charge >= 0.3 is 10.2 Å². The Bertz CT molecular complexity index is 1540. The molecule has 50 heavy (non-hydrogen) atoms. The summed E-state index contributed by atoms with van der Waals surface area (Å²) in [6.07, 6.45) is 11.7. The fraction of sp³-hybridized carbons (Fsp3) is 0.838. The van der Waals surface area contributed by atoms with Crippen LogP contribution in [0.5, 0.6) is 0 Å². The number of nitrogens with two attached hydrogens (primary N) is 1. The van der Waals surface area contributed by atoms with E-state index in [4.69, 9.17) is 5.73 Å². The molecule has 2 saturated heterocycles. The molecule has 6 fully saturated rings. The molecule has 4 amide bonds. The second kappa shape index (κ2) is 12.3. The van der Waals surface area contributed by atoms with Crippen molar-refractivity contribution in [3.8, 4) is 0 Å². The molecule has 2 heterocycles. The van der Waals surface area contributed by atoms with Gasteiger partial charge in [-0.2, -0.15) is 12.7 Å². The standard InChI is InChI=1S/C37H60N6O6S/c1-8-24-21-37(24,31(47)41-50(48,49)42-19-12-13-20-42)40-28(44)25-22-36(33(5,6)35(36)17-14-18-35)23-43(25)30(46)27(32(2,3)4)39-29(45)26(38)34(7)15-10-9-11-16-34/h8,24-27H,1,9-23,38H2,2-7H3,(H,39,45)(H,40,44)(H,41,47)/t24-,25+,26-,27-,36-,37-/m1/s1. The van der Waals surface area contributed by atoms with Crippen LogP contribution in [0.1, 0.15) is 119 Å². The summed E-state index contributed by atoms with van der Waals surface area (Å²) in [6.45, 7) is 17.1. The van der Waals surface area contributed by atoms with Crippen LogP contribution in [0, 0.1) is 33.0 Å². The first kappa shape index (κ1) is 37.3. The SMILES string of the molecule is C=C[C@@H]1C[C@]1(NC(=O)[C@@H]1C[C@@]2(CN1C(=O)[C@@H](NC(=O)[C@@H](N)C1(C)CCCCC1)C(C)(C)C)C(C)(C)C21CCC1)C(=O)NS(=O)(=O)N1CCCC1. The summed E-state index contributed by atoms with van der Waals surface area (Å²) in [5.74, 6) is -2.44. The first-order chi connectivity index (χ1) is 23.2. The Balaban J connectivity index is 1.27. The molecule has 6 rings (SSSR count). The van der Waals surface area contributed by atoms with Crippen LogP contribution in [0.3, 0.4) is 0 Å². The predicted molar refractivity (Wildman–Crippen MR) is 190 cm³/mol. The summed E-state index contributed by atoms with van der Waals surface area (Å²) >= 11 is 0. The lowest BCUT2D eigenvalue weighted by molar-refractivity contribution is -0.145. The minimum absolute atomic E-state index is 0.0219. The highest BCUT2D eigenvalue weighted by Crippen LogP contribution is 2.88. The van der Waals surface area contributed by atoms with Crippen molar-refractivity contribution in [2.75, 3.05) is 19.6 Å². The molecule has 13 heteroatoms. The van der Waals surface area contributed by atoms with E-state index in [1.54, 1.807) is 11.0 Å². The van der Waals surface area contributed by atoms with E-state index < -0.39 is 57.0 Å². The van der Waals surface area contributed by atoms with E-state index in [9.17, 15) is 27.6 Å². The Hall–Kier alpha value is -2.51. The second-order valence-corrected chi connectivity index (χ2v) is 20.0. The maximum atomic E-state index is 14.8. The largest absolute Gasteiger partial charge is 0.342 e. The van der Waals surface area contributed by atoms with Gasteiger partial charge in [-0.1, -0.05) is 73.3 Å². The summed E-state index contributed by atoms with van der Waals surface area (Å²) < 4.78 is 29.6.